The minimum absolute atomic E-state index is 0.428. The third-order valence-corrected chi connectivity index (χ3v) is 4.60. The molecule has 2 heterocycles. The normalized spacial score (nSPS) is 13.0. The van der Waals surface area contributed by atoms with E-state index in [9.17, 15) is 0 Å². The summed E-state index contributed by atoms with van der Waals surface area (Å²) in [4.78, 5) is 0. The van der Waals surface area contributed by atoms with Gasteiger partial charge in [0, 0.05) is 25.1 Å². The second-order valence-corrected chi connectivity index (χ2v) is 6.31. The van der Waals surface area contributed by atoms with E-state index < -0.39 is 0 Å². The number of hydrogen-bond acceptors (Lipinski definition) is 4. The molecular formula is C21H20N4O. The van der Waals surface area contributed by atoms with Gasteiger partial charge in [0.25, 0.3) is 0 Å². The summed E-state index contributed by atoms with van der Waals surface area (Å²) in [7, 11) is 0. The summed E-state index contributed by atoms with van der Waals surface area (Å²) in [5, 5.41) is 17.1. The van der Waals surface area contributed by atoms with Gasteiger partial charge in [-0.2, -0.15) is 10.4 Å². The minimum Gasteiger partial charge on any atom is -0.487 e. The van der Waals surface area contributed by atoms with E-state index in [1.165, 1.54) is 11.3 Å². The van der Waals surface area contributed by atoms with Crippen molar-refractivity contribution in [3.63, 3.8) is 0 Å². The molecule has 1 aliphatic rings. The molecule has 130 valence electrons. The number of nitrogens with zero attached hydrogens (tertiary/aromatic N) is 3. The van der Waals surface area contributed by atoms with Gasteiger partial charge in [-0.05, 0) is 29.8 Å². The van der Waals surface area contributed by atoms with Crippen molar-refractivity contribution in [2.75, 3.05) is 6.54 Å². The highest BCUT2D eigenvalue weighted by atomic mass is 16.5. The highest BCUT2D eigenvalue weighted by Crippen LogP contribution is 2.24. The molecule has 0 unspecified atom stereocenters. The molecule has 0 amide bonds. The Morgan fingerprint density at radius 2 is 1.92 bits per heavy atom. The van der Waals surface area contributed by atoms with E-state index in [1.54, 1.807) is 0 Å². The molecule has 1 aliphatic heterocycles. The maximum absolute atomic E-state index is 8.83. The Hall–Kier alpha value is -3.10. The molecule has 3 aromatic rings. The van der Waals surface area contributed by atoms with E-state index in [-0.39, 0.29) is 0 Å². The Labute approximate surface area is 152 Å². The molecule has 4 rings (SSSR count). The number of ether oxygens (including phenoxy) is 1. The Balaban J connectivity index is 1.63. The second-order valence-electron chi connectivity index (χ2n) is 6.31. The number of para-hydroxylation sites is 1. The summed E-state index contributed by atoms with van der Waals surface area (Å²) < 4.78 is 7.94. The van der Waals surface area contributed by atoms with Crippen LogP contribution in [0.25, 0.3) is 5.69 Å². The topological polar surface area (TPSA) is 62.9 Å². The quantitative estimate of drug-likeness (QED) is 0.772. The van der Waals surface area contributed by atoms with Crippen molar-refractivity contribution in [2.45, 2.75) is 26.0 Å². The fraction of sp³-hybridized carbons (Fsp3) is 0.238. The van der Waals surface area contributed by atoms with Gasteiger partial charge in [0.15, 0.2) is 0 Å². The summed E-state index contributed by atoms with van der Waals surface area (Å²) in [6, 6.07) is 20.0. The molecule has 26 heavy (non-hydrogen) atoms. The molecule has 0 bridgehead atoms. The molecule has 0 aliphatic carbocycles. The predicted molar refractivity (Wildman–Crippen MR) is 99.1 cm³/mol. The van der Waals surface area contributed by atoms with Gasteiger partial charge in [-0.25, -0.2) is 4.68 Å². The number of benzene rings is 2. The third kappa shape index (κ3) is 3.32. The van der Waals surface area contributed by atoms with Gasteiger partial charge in [-0.3, -0.25) is 0 Å². The van der Waals surface area contributed by atoms with Gasteiger partial charge >= 0.3 is 0 Å². The van der Waals surface area contributed by atoms with Crippen LogP contribution in [0.5, 0.6) is 5.75 Å². The smallest absolute Gasteiger partial charge is 0.132 e. The molecule has 0 radical (unpaired) electrons. The summed E-state index contributed by atoms with van der Waals surface area (Å²) in [5.74, 6) is 0.848. The van der Waals surface area contributed by atoms with E-state index in [0.717, 1.165) is 42.2 Å². The molecule has 0 saturated heterocycles. The van der Waals surface area contributed by atoms with Gasteiger partial charge in [-0.15, -0.1) is 0 Å². The van der Waals surface area contributed by atoms with Crippen LogP contribution in [-0.4, -0.2) is 16.3 Å². The average molecular weight is 344 g/mol. The molecule has 0 fully saturated rings. The Bertz CT molecular complexity index is 923. The van der Waals surface area contributed by atoms with E-state index in [1.807, 2.05) is 59.3 Å². The van der Waals surface area contributed by atoms with Gasteiger partial charge in [0.05, 0.1) is 23.9 Å². The van der Waals surface area contributed by atoms with Gasteiger partial charge in [0.2, 0.25) is 0 Å². The number of rotatable bonds is 5. The first-order chi connectivity index (χ1) is 12.8. The van der Waals surface area contributed by atoms with E-state index >= 15 is 0 Å². The van der Waals surface area contributed by atoms with Crippen molar-refractivity contribution < 1.29 is 4.74 Å². The van der Waals surface area contributed by atoms with Gasteiger partial charge in [0.1, 0.15) is 18.1 Å². The molecule has 0 atom stereocenters. The molecule has 0 saturated carbocycles. The number of hydrogen-bond donors (Lipinski definition) is 1. The zero-order chi connectivity index (χ0) is 17.8. The van der Waals surface area contributed by atoms with Crippen LogP contribution in [0.15, 0.2) is 54.6 Å². The minimum atomic E-state index is 0.428. The molecule has 2 aromatic carbocycles. The molecule has 5 heteroatoms. The van der Waals surface area contributed by atoms with E-state index in [2.05, 4.69) is 11.4 Å². The third-order valence-electron chi connectivity index (χ3n) is 4.60. The van der Waals surface area contributed by atoms with Crippen LogP contribution in [0.2, 0.25) is 0 Å². The van der Waals surface area contributed by atoms with Crippen LogP contribution in [0.4, 0.5) is 0 Å². The monoisotopic (exact) mass is 344 g/mol. The maximum Gasteiger partial charge on any atom is 0.132 e. The zero-order valence-electron chi connectivity index (χ0n) is 14.5. The second kappa shape index (κ2) is 7.42. The number of fused-ring (bicyclic) bond motifs is 1. The largest absolute Gasteiger partial charge is 0.487 e. The standard InChI is InChI=1S/C21H20N4O/c22-12-10-16-6-8-17(9-7-16)25-21-11-13-23-14-19(21)20(24-25)15-26-18-4-2-1-3-5-18/h1-9,23H,10-11,13-15H2. The van der Waals surface area contributed by atoms with Crippen LogP contribution in [0.3, 0.4) is 0 Å². The highest BCUT2D eigenvalue weighted by molar-refractivity contribution is 5.40. The molecule has 1 N–H and O–H groups in total. The molecule has 0 spiro atoms. The first kappa shape index (κ1) is 16.4. The Kier molecular flexibility index (Phi) is 4.67. The SMILES string of the molecule is N#CCc1ccc(-n2nc(COc3ccccc3)c3c2CCNC3)cc1. The number of nitriles is 1. The summed E-state index contributed by atoms with van der Waals surface area (Å²) in [5.41, 5.74) is 5.48. The zero-order valence-corrected chi connectivity index (χ0v) is 14.5. The average Bonchev–Trinajstić information content (AvgIpc) is 3.07. The highest BCUT2D eigenvalue weighted by Gasteiger charge is 2.21. The lowest BCUT2D eigenvalue weighted by molar-refractivity contribution is 0.299. The molecule has 5 nitrogen and oxygen atoms in total. The first-order valence-corrected chi connectivity index (χ1v) is 8.79. The number of nitrogens with one attached hydrogen (secondary N) is 1. The maximum atomic E-state index is 8.83. The van der Waals surface area contributed by atoms with Crippen LogP contribution >= 0.6 is 0 Å². The van der Waals surface area contributed by atoms with Crippen LogP contribution < -0.4 is 10.1 Å². The fourth-order valence-corrected chi connectivity index (χ4v) is 3.26. The Morgan fingerprint density at radius 3 is 2.69 bits per heavy atom. The lowest BCUT2D eigenvalue weighted by atomic mass is 10.1. The van der Waals surface area contributed by atoms with E-state index in [0.29, 0.717) is 13.0 Å². The van der Waals surface area contributed by atoms with Crippen molar-refractivity contribution in [3.05, 3.63) is 77.1 Å². The lowest BCUT2D eigenvalue weighted by Crippen LogP contribution is -2.25. The van der Waals surface area contributed by atoms with Crippen molar-refractivity contribution in [1.29, 1.82) is 5.26 Å². The lowest BCUT2D eigenvalue weighted by Gasteiger charge is -2.16. The van der Waals surface area contributed by atoms with Crippen molar-refractivity contribution in [3.8, 4) is 17.5 Å². The van der Waals surface area contributed by atoms with Crippen LogP contribution in [0.1, 0.15) is 22.5 Å². The van der Waals surface area contributed by atoms with Gasteiger partial charge < -0.3 is 10.1 Å². The van der Waals surface area contributed by atoms with Crippen molar-refractivity contribution >= 4 is 0 Å². The van der Waals surface area contributed by atoms with E-state index in [4.69, 9.17) is 15.1 Å². The molecular weight excluding hydrogens is 324 g/mol. The fourth-order valence-electron chi connectivity index (χ4n) is 3.26. The van der Waals surface area contributed by atoms with Crippen LogP contribution in [-0.2, 0) is 26.0 Å². The van der Waals surface area contributed by atoms with Gasteiger partial charge in [-0.1, -0.05) is 30.3 Å². The summed E-state index contributed by atoms with van der Waals surface area (Å²) >= 11 is 0. The summed E-state index contributed by atoms with van der Waals surface area (Å²) in [6.07, 6.45) is 1.37. The van der Waals surface area contributed by atoms with Crippen LogP contribution in [0, 0.1) is 11.3 Å². The number of aromatic nitrogens is 2. The summed E-state index contributed by atoms with van der Waals surface area (Å²) in [6.45, 7) is 2.22. The van der Waals surface area contributed by atoms with Crippen molar-refractivity contribution in [2.24, 2.45) is 0 Å². The predicted octanol–water partition coefficient (Wildman–Crippen LogP) is 3.16. The first-order valence-electron chi connectivity index (χ1n) is 8.79. The molecule has 1 aromatic heterocycles. The van der Waals surface area contributed by atoms with Crippen molar-refractivity contribution in [1.82, 2.24) is 15.1 Å². The Morgan fingerprint density at radius 1 is 1.12 bits per heavy atom.